The number of thiocarbonyl (C=S) groups is 1. The van der Waals surface area contributed by atoms with Gasteiger partial charge < -0.3 is 34.0 Å². The topological polar surface area (TPSA) is 81.2 Å². The van der Waals surface area contributed by atoms with Crippen LogP contribution in [0.15, 0.2) is 12.2 Å². The second-order valence-corrected chi connectivity index (χ2v) is 9.49. The first-order valence-corrected chi connectivity index (χ1v) is 11.9. The molecule has 0 aromatic carbocycles. The summed E-state index contributed by atoms with van der Waals surface area (Å²) in [5.74, 6) is -0.138. The molecule has 0 aromatic heterocycles. The molecule has 0 amide bonds. The highest BCUT2D eigenvalue weighted by Gasteiger charge is 2.44. The Hall–Kier alpha value is -0.0551. The van der Waals surface area contributed by atoms with E-state index in [1.807, 2.05) is 0 Å². The SMILES string of the molecule is [B][C@@H]1O[C@H](COC)C(OP(O)(=S)OC)[C@@H]1C/C=C/CCCCNC(=S)NC. The van der Waals surface area contributed by atoms with Crippen LogP contribution in [0.1, 0.15) is 25.7 Å². The van der Waals surface area contributed by atoms with Crippen molar-refractivity contribution < 1.29 is 23.4 Å². The molecule has 2 radical (unpaired) electrons. The lowest BCUT2D eigenvalue weighted by atomic mass is 9.82. The summed E-state index contributed by atoms with van der Waals surface area (Å²) >= 11 is 10.00. The highest BCUT2D eigenvalue weighted by Crippen LogP contribution is 2.48. The average molecular weight is 436 g/mol. The molecule has 154 valence electrons. The van der Waals surface area contributed by atoms with Gasteiger partial charge in [0.15, 0.2) is 5.11 Å². The maximum atomic E-state index is 10.0. The lowest BCUT2D eigenvalue weighted by molar-refractivity contribution is -0.0146. The van der Waals surface area contributed by atoms with Crippen LogP contribution in [0.25, 0.3) is 0 Å². The molecule has 3 N–H and O–H groups in total. The summed E-state index contributed by atoms with van der Waals surface area (Å²) in [4.78, 5) is 10.0. The third kappa shape index (κ3) is 9.32. The van der Waals surface area contributed by atoms with Crippen molar-refractivity contribution in [2.24, 2.45) is 5.92 Å². The first kappa shape index (κ1) is 25.0. The minimum Gasteiger partial charge on any atom is -0.382 e. The molecule has 0 aliphatic carbocycles. The van der Waals surface area contributed by atoms with Crippen molar-refractivity contribution in [1.82, 2.24) is 10.6 Å². The van der Waals surface area contributed by atoms with E-state index < -0.39 is 24.9 Å². The minimum absolute atomic E-state index is 0.138. The maximum absolute atomic E-state index is 10.0. The van der Waals surface area contributed by atoms with Crippen LogP contribution in [0.5, 0.6) is 0 Å². The van der Waals surface area contributed by atoms with E-state index in [1.54, 1.807) is 14.2 Å². The molecule has 1 heterocycles. The molecule has 1 aliphatic rings. The van der Waals surface area contributed by atoms with Gasteiger partial charge in [-0.15, -0.1) is 0 Å². The molecule has 1 saturated heterocycles. The lowest BCUT2D eigenvalue weighted by Crippen LogP contribution is -2.33. The van der Waals surface area contributed by atoms with Gasteiger partial charge in [-0.1, -0.05) is 12.2 Å². The molecule has 11 heteroatoms. The van der Waals surface area contributed by atoms with Gasteiger partial charge in [0.1, 0.15) is 20.1 Å². The zero-order valence-electron chi connectivity index (χ0n) is 16.1. The maximum Gasteiger partial charge on any atom is 0.324 e. The van der Waals surface area contributed by atoms with Gasteiger partial charge in [-0.25, -0.2) is 0 Å². The Morgan fingerprint density at radius 3 is 2.70 bits per heavy atom. The van der Waals surface area contributed by atoms with E-state index in [2.05, 4.69) is 22.8 Å². The van der Waals surface area contributed by atoms with E-state index in [9.17, 15) is 4.89 Å². The van der Waals surface area contributed by atoms with Crippen molar-refractivity contribution in [2.75, 3.05) is 34.4 Å². The predicted molar refractivity (Wildman–Crippen MR) is 115 cm³/mol. The number of nitrogens with one attached hydrogen (secondary N) is 2. The van der Waals surface area contributed by atoms with Gasteiger partial charge in [0, 0.05) is 39.7 Å². The summed E-state index contributed by atoms with van der Waals surface area (Å²) in [7, 11) is 10.8. The Morgan fingerprint density at radius 1 is 1.33 bits per heavy atom. The Labute approximate surface area is 174 Å². The van der Waals surface area contributed by atoms with Crippen LogP contribution in [-0.4, -0.2) is 70.5 Å². The van der Waals surface area contributed by atoms with Gasteiger partial charge in [-0.2, -0.15) is 0 Å². The Balaban J connectivity index is 2.47. The number of ether oxygens (including phenoxy) is 2. The minimum atomic E-state index is -3.32. The Morgan fingerprint density at radius 2 is 2.07 bits per heavy atom. The largest absolute Gasteiger partial charge is 0.382 e. The van der Waals surface area contributed by atoms with E-state index in [4.69, 9.17) is 50.4 Å². The van der Waals surface area contributed by atoms with E-state index >= 15 is 0 Å². The van der Waals surface area contributed by atoms with E-state index in [0.717, 1.165) is 25.8 Å². The molecule has 0 saturated carbocycles. The van der Waals surface area contributed by atoms with Crippen LogP contribution >= 0.6 is 18.9 Å². The van der Waals surface area contributed by atoms with Crippen LogP contribution in [0, 0.1) is 5.92 Å². The molecule has 0 spiro atoms. The second-order valence-electron chi connectivity index (χ2n) is 6.19. The van der Waals surface area contributed by atoms with E-state index in [1.165, 1.54) is 7.11 Å². The monoisotopic (exact) mass is 436 g/mol. The third-order valence-electron chi connectivity index (χ3n) is 4.24. The molecule has 0 aromatic rings. The highest BCUT2D eigenvalue weighted by molar-refractivity contribution is 8.07. The van der Waals surface area contributed by atoms with Crippen molar-refractivity contribution in [3.63, 3.8) is 0 Å². The molecular formula is C16H30BN2O5PS2. The van der Waals surface area contributed by atoms with Crippen molar-refractivity contribution in [1.29, 1.82) is 0 Å². The van der Waals surface area contributed by atoms with Crippen molar-refractivity contribution in [3.8, 4) is 0 Å². The number of allylic oxidation sites excluding steroid dienone is 2. The van der Waals surface area contributed by atoms with Crippen LogP contribution in [-0.2, 0) is 30.3 Å². The zero-order chi connectivity index (χ0) is 20.3. The molecule has 7 nitrogen and oxygen atoms in total. The summed E-state index contributed by atoms with van der Waals surface area (Å²) in [6.45, 7) is -2.17. The lowest BCUT2D eigenvalue weighted by Gasteiger charge is -2.26. The summed E-state index contributed by atoms with van der Waals surface area (Å²) in [6.07, 6.45) is 7.01. The summed E-state index contributed by atoms with van der Waals surface area (Å²) in [5.41, 5.74) is 0. The van der Waals surface area contributed by atoms with Crippen molar-refractivity contribution in [2.45, 2.75) is 43.9 Å². The zero-order valence-corrected chi connectivity index (χ0v) is 18.7. The average Bonchev–Trinajstić information content (AvgIpc) is 2.91. The van der Waals surface area contributed by atoms with Gasteiger partial charge in [-0.05, 0) is 49.7 Å². The van der Waals surface area contributed by atoms with E-state index in [0.29, 0.717) is 18.1 Å². The van der Waals surface area contributed by atoms with Crippen molar-refractivity contribution >= 4 is 43.7 Å². The fourth-order valence-corrected chi connectivity index (χ4v) is 3.89. The number of methoxy groups -OCH3 is 1. The highest BCUT2D eigenvalue weighted by atomic mass is 32.5. The predicted octanol–water partition coefficient (Wildman–Crippen LogP) is 1.60. The molecule has 1 fully saturated rings. The molecule has 0 bridgehead atoms. The molecule has 5 atom stereocenters. The molecular weight excluding hydrogens is 406 g/mol. The first-order valence-electron chi connectivity index (χ1n) is 8.92. The van der Waals surface area contributed by atoms with E-state index in [-0.39, 0.29) is 5.92 Å². The van der Waals surface area contributed by atoms with Gasteiger partial charge in [0.05, 0.1) is 6.61 Å². The first-order chi connectivity index (χ1) is 12.8. The van der Waals surface area contributed by atoms with Crippen LogP contribution in [0.2, 0.25) is 0 Å². The number of hydrogen-bond acceptors (Lipinski definition) is 6. The summed E-state index contributed by atoms with van der Waals surface area (Å²) in [5, 5.41) is 6.66. The summed E-state index contributed by atoms with van der Waals surface area (Å²) < 4.78 is 21.4. The third-order valence-corrected chi connectivity index (χ3v) is 6.27. The Bertz CT molecular complexity index is 529. The molecule has 27 heavy (non-hydrogen) atoms. The fraction of sp³-hybridized carbons (Fsp3) is 0.812. The molecule has 2 unspecified atom stereocenters. The normalized spacial score (nSPS) is 27.6. The summed E-state index contributed by atoms with van der Waals surface area (Å²) in [6, 6.07) is -0.515. The molecule has 1 rings (SSSR count). The Kier molecular flexibility index (Phi) is 12.2. The van der Waals surface area contributed by atoms with Gasteiger partial charge in [0.25, 0.3) is 0 Å². The number of unbranched alkanes of at least 4 members (excludes halogenated alkanes) is 2. The van der Waals surface area contributed by atoms with Gasteiger partial charge in [0.2, 0.25) is 0 Å². The van der Waals surface area contributed by atoms with Gasteiger partial charge >= 0.3 is 6.72 Å². The van der Waals surface area contributed by atoms with Gasteiger partial charge in [-0.3, -0.25) is 0 Å². The smallest absolute Gasteiger partial charge is 0.324 e. The van der Waals surface area contributed by atoms with Crippen LogP contribution in [0.3, 0.4) is 0 Å². The molecule has 1 aliphatic heterocycles. The number of rotatable bonds is 12. The second kappa shape index (κ2) is 13.2. The standard InChI is InChI=1S/C16H30BN2O5PS2/c1-18-16(26)19-10-8-6-4-5-7-9-12-14(24-25(20,27)22-3)13(11-21-2)23-15(12)17/h5,7,12-15H,4,6,8-11H2,1-3H3,(H,20,27)(H2,18,19,26)/b7-5+/t12-,13+,14?,15+,25?/m0/s1. The number of hydrogen-bond donors (Lipinski definition) is 3. The quantitative estimate of drug-likeness (QED) is 0.139. The van der Waals surface area contributed by atoms with Crippen LogP contribution in [0.4, 0.5) is 0 Å². The van der Waals surface area contributed by atoms with Crippen LogP contribution < -0.4 is 10.6 Å². The van der Waals surface area contributed by atoms with Crippen molar-refractivity contribution in [3.05, 3.63) is 12.2 Å². The fourth-order valence-electron chi connectivity index (χ4n) is 2.80.